The zero-order valence-electron chi connectivity index (χ0n) is 15.5. The summed E-state index contributed by atoms with van der Waals surface area (Å²) in [7, 11) is 0. The maximum Gasteiger partial charge on any atom is 0.378 e. The molecule has 8 heteroatoms. The first-order valence-corrected chi connectivity index (χ1v) is 9.11. The third kappa shape index (κ3) is 5.64. The molecule has 1 aliphatic rings. The Kier molecular flexibility index (Phi) is 8.43. The summed E-state index contributed by atoms with van der Waals surface area (Å²) in [6.07, 6.45) is 1.61. The van der Waals surface area contributed by atoms with Gasteiger partial charge in [-0.05, 0) is 25.2 Å². The highest BCUT2D eigenvalue weighted by atomic mass is 19.3. The van der Waals surface area contributed by atoms with Crippen LogP contribution in [0, 0.1) is 17.8 Å². The van der Waals surface area contributed by atoms with Gasteiger partial charge >= 0.3 is 23.8 Å². The van der Waals surface area contributed by atoms with E-state index in [1.54, 1.807) is 0 Å². The third-order valence-corrected chi connectivity index (χ3v) is 4.60. The van der Waals surface area contributed by atoms with Crippen LogP contribution in [0.25, 0.3) is 0 Å². The van der Waals surface area contributed by atoms with E-state index in [0.717, 1.165) is 12.8 Å². The van der Waals surface area contributed by atoms with E-state index in [1.807, 2.05) is 6.92 Å². The Hall–Kier alpha value is -1.73. The molecule has 0 aromatic carbocycles. The van der Waals surface area contributed by atoms with Crippen LogP contribution in [0.4, 0.5) is 8.78 Å². The fraction of sp³-hybridized carbons (Fsp3) is 0.833. The van der Waals surface area contributed by atoms with Gasteiger partial charge in [0.25, 0.3) is 0 Å². The van der Waals surface area contributed by atoms with Crippen molar-refractivity contribution in [2.45, 2.75) is 71.3 Å². The molecule has 1 saturated carbocycles. The minimum Gasteiger partial charge on any atom is -0.477 e. The first kappa shape index (κ1) is 22.3. The molecule has 0 bridgehead atoms. The Bertz CT molecular complexity index is 506. The Morgan fingerprint density at radius 1 is 1.12 bits per heavy atom. The number of ether oxygens (including phenoxy) is 2. The number of carboxylic acids is 1. The molecule has 1 rings (SSSR count). The Morgan fingerprint density at radius 3 is 2.12 bits per heavy atom. The van der Waals surface area contributed by atoms with Gasteiger partial charge in [-0.2, -0.15) is 8.78 Å². The molecule has 0 aliphatic heterocycles. The van der Waals surface area contributed by atoms with Crippen molar-refractivity contribution in [3.05, 3.63) is 0 Å². The molecule has 0 heterocycles. The van der Waals surface area contributed by atoms with Crippen LogP contribution >= 0.6 is 0 Å². The molecule has 0 aromatic rings. The second-order valence-corrected chi connectivity index (χ2v) is 7.05. The second kappa shape index (κ2) is 9.83. The molecule has 0 aromatic heterocycles. The number of carboxylic acid groups (broad SMARTS) is 1. The van der Waals surface area contributed by atoms with Crippen molar-refractivity contribution in [3.63, 3.8) is 0 Å². The molecule has 0 saturated heterocycles. The van der Waals surface area contributed by atoms with Crippen LogP contribution < -0.4 is 0 Å². The molecule has 3 atom stereocenters. The normalized spacial score (nSPS) is 21.9. The monoisotopic (exact) mass is 378 g/mol. The average molecular weight is 378 g/mol. The van der Waals surface area contributed by atoms with E-state index >= 15 is 0 Å². The molecule has 26 heavy (non-hydrogen) atoms. The highest BCUT2D eigenvalue weighted by Crippen LogP contribution is 2.35. The fourth-order valence-electron chi connectivity index (χ4n) is 3.08. The van der Waals surface area contributed by atoms with Crippen LogP contribution in [0.1, 0.15) is 59.3 Å². The number of hydrogen-bond donors (Lipinski definition) is 1. The van der Waals surface area contributed by atoms with Gasteiger partial charge in [-0.15, -0.1) is 0 Å². The summed E-state index contributed by atoms with van der Waals surface area (Å²) in [5.74, 6) is -10.5. The summed E-state index contributed by atoms with van der Waals surface area (Å²) in [6.45, 7) is 4.90. The standard InChI is InChI=1S/C18H28F2O6/c1-4-5-10-25-15(21)12-8-6-7-9-13(12)16(22)26-14(11(2)3)18(19,20)17(23)24/h11-14H,4-10H2,1-3H3,(H,23,24). The lowest BCUT2D eigenvalue weighted by molar-refractivity contribution is -0.203. The van der Waals surface area contributed by atoms with Crippen molar-refractivity contribution < 1.29 is 37.7 Å². The van der Waals surface area contributed by atoms with Crippen LogP contribution in [0.2, 0.25) is 0 Å². The van der Waals surface area contributed by atoms with E-state index in [4.69, 9.17) is 14.6 Å². The van der Waals surface area contributed by atoms with E-state index in [2.05, 4.69) is 0 Å². The summed E-state index contributed by atoms with van der Waals surface area (Å²) in [6, 6.07) is 0. The van der Waals surface area contributed by atoms with Gasteiger partial charge in [0, 0.05) is 0 Å². The third-order valence-electron chi connectivity index (χ3n) is 4.60. The number of unbranched alkanes of at least 4 members (excludes halogenated alkanes) is 1. The molecule has 3 unspecified atom stereocenters. The summed E-state index contributed by atoms with van der Waals surface area (Å²) in [4.78, 5) is 35.5. The quantitative estimate of drug-likeness (QED) is 0.488. The zero-order chi connectivity index (χ0) is 19.9. The van der Waals surface area contributed by atoms with Gasteiger partial charge in [0.1, 0.15) is 0 Å². The number of aliphatic carboxylic acids is 1. The molecule has 1 N–H and O–H groups in total. The number of alkyl halides is 2. The van der Waals surface area contributed by atoms with Crippen molar-refractivity contribution in [3.8, 4) is 0 Å². The number of esters is 2. The molecule has 150 valence electrons. The molecule has 0 radical (unpaired) electrons. The minimum absolute atomic E-state index is 0.249. The summed E-state index contributed by atoms with van der Waals surface area (Å²) in [5.41, 5.74) is 0. The van der Waals surface area contributed by atoms with E-state index in [0.29, 0.717) is 25.7 Å². The lowest BCUT2D eigenvalue weighted by Gasteiger charge is -2.32. The van der Waals surface area contributed by atoms with Crippen LogP contribution in [0.3, 0.4) is 0 Å². The second-order valence-electron chi connectivity index (χ2n) is 7.05. The lowest BCUT2D eigenvalue weighted by Crippen LogP contribution is -2.48. The van der Waals surface area contributed by atoms with Crippen LogP contribution in [0.5, 0.6) is 0 Å². The van der Waals surface area contributed by atoms with Gasteiger partial charge in [0.05, 0.1) is 18.4 Å². The van der Waals surface area contributed by atoms with E-state index < -0.39 is 47.7 Å². The molecule has 6 nitrogen and oxygen atoms in total. The van der Waals surface area contributed by atoms with Crippen LogP contribution in [0.15, 0.2) is 0 Å². The van der Waals surface area contributed by atoms with Crippen LogP contribution in [-0.4, -0.2) is 41.6 Å². The Morgan fingerprint density at radius 2 is 1.65 bits per heavy atom. The maximum atomic E-state index is 13.9. The SMILES string of the molecule is CCCCOC(=O)C1CCCCC1C(=O)OC(C(C)C)C(F)(F)C(=O)O. The summed E-state index contributed by atoms with van der Waals surface area (Å²) >= 11 is 0. The van der Waals surface area contributed by atoms with Crippen LogP contribution in [-0.2, 0) is 23.9 Å². The predicted molar refractivity (Wildman–Crippen MR) is 88.6 cm³/mol. The van der Waals surface area contributed by atoms with Crippen molar-refractivity contribution in [2.75, 3.05) is 6.61 Å². The summed E-state index contributed by atoms with van der Waals surface area (Å²) < 4.78 is 37.8. The highest BCUT2D eigenvalue weighted by Gasteiger charge is 2.52. The molecular weight excluding hydrogens is 350 g/mol. The van der Waals surface area contributed by atoms with Crippen molar-refractivity contribution >= 4 is 17.9 Å². The van der Waals surface area contributed by atoms with Gasteiger partial charge in [0.2, 0.25) is 0 Å². The van der Waals surface area contributed by atoms with Crippen molar-refractivity contribution in [1.29, 1.82) is 0 Å². The van der Waals surface area contributed by atoms with Crippen molar-refractivity contribution in [1.82, 2.24) is 0 Å². The maximum absolute atomic E-state index is 13.9. The zero-order valence-corrected chi connectivity index (χ0v) is 15.5. The number of rotatable bonds is 9. The topological polar surface area (TPSA) is 89.9 Å². The largest absolute Gasteiger partial charge is 0.477 e. The first-order valence-electron chi connectivity index (χ1n) is 9.11. The van der Waals surface area contributed by atoms with Gasteiger partial charge in [-0.25, -0.2) is 4.79 Å². The van der Waals surface area contributed by atoms with Crippen molar-refractivity contribution in [2.24, 2.45) is 17.8 Å². The number of carbonyl (C=O) groups excluding carboxylic acids is 2. The van der Waals surface area contributed by atoms with E-state index in [9.17, 15) is 23.2 Å². The lowest BCUT2D eigenvalue weighted by atomic mass is 9.79. The minimum atomic E-state index is -4.20. The van der Waals surface area contributed by atoms with Gasteiger partial charge in [-0.3, -0.25) is 9.59 Å². The Labute approximate surface area is 152 Å². The van der Waals surface area contributed by atoms with Gasteiger partial charge in [0.15, 0.2) is 6.10 Å². The fourth-order valence-corrected chi connectivity index (χ4v) is 3.08. The first-order chi connectivity index (χ1) is 12.1. The van der Waals surface area contributed by atoms with E-state index in [1.165, 1.54) is 13.8 Å². The molecular formula is C18H28F2O6. The molecule has 0 amide bonds. The Balaban J connectivity index is 2.86. The predicted octanol–water partition coefficient (Wildman–Crippen LogP) is 3.42. The number of halogens is 2. The average Bonchev–Trinajstić information content (AvgIpc) is 2.58. The summed E-state index contributed by atoms with van der Waals surface area (Å²) in [5, 5.41) is 8.73. The number of hydrogen-bond acceptors (Lipinski definition) is 5. The highest BCUT2D eigenvalue weighted by molar-refractivity contribution is 5.83. The molecule has 1 fully saturated rings. The molecule has 0 spiro atoms. The van der Waals surface area contributed by atoms with Gasteiger partial charge < -0.3 is 14.6 Å². The van der Waals surface area contributed by atoms with E-state index in [-0.39, 0.29) is 6.61 Å². The van der Waals surface area contributed by atoms with Gasteiger partial charge in [-0.1, -0.05) is 40.0 Å². The molecule has 1 aliphatic carbocycles. The smallest absolute Gasteiger partial charge is 0.378 e. The number of carbonyl (C=O) groups is 3.